The predicted molar refractivity (Wildman–Crippen MR) is 93.9 cm³/mol. The molecule has 1 saturated heterocycles. The van der Waals surface area contributed by atoms with E-state index in [1.165, 1.54) is 11.6 Å². The van der Waals surface area contributed by atoms with Gasteiger partial charge in [0.05, 0.1) is 6.54 Å². The molecular formula is C16H24N6O2. The first-order chi connectivity index (χ1) is 11.5. The zero-order valence-electron chi connectivity index (χ0n) is 14.4. The van der Waals surface area contributed by atoms with Gasteiger partial charge >= 0.3 is 5.69 Å². The molecule has 3 rings (SSSR count). The maximum atomic E-state index is 12.7. The third kappa shape index (κ3) is 2.60. The molecule has 1 fully saturated rings. The molecule has 130 valence electrons. The predicted octanol–water partition coefficient (Wildman–Crippen LogP) is -0.954. The summed E-state index contributed by atoms with van der Waals surface area (Å²) in [6.45, 7) is 3.83. The first kappa shape index (κ1) is 16.6. The number of aromatic nitrogens is 2. The molecule has 0 amide bonds. The summed E-state index contributed by atoms with van der Waals surface area (Å²) in [6, 6.07) is 0.120. The Morgan fingerprint density at radius 2 is 2.04 bits per heavy atom. The maximum Gasteiger partial charge on any atom is 0.332 e. The lowest BCUT2D eigenvalue weighted by Crippen LogP contribution is -2.56. The van der Waals surface area contributed by atoms with E-state index in [9.17, 15) is 9.59 Å². The highest BCUT2D eigenvalue weighted by atomic mass is 16.2. The van der Waals surface area contributed by atoms with E-state index in [-0.39, 0.29) is 23.6 Å². The quantitative estimate of drug-likeness (QED) is 0.679. The van der Waals surface area contributed by atoms with Crippen molar-refractivity contribution >= 4 is 11.5 Å². The molecule has 2 aliphatic heterocycles. The molecule has 0 spiro atoms. The van der Waals surface area contributed by atoms with Crippen molar-refractivity contribution in [2.75, 3.05) is 29.9 Å². The summed E-state index contributed by atoms with van der Waals surface area (Å²) in [4.78, 5) is 29.0. The number of fused-ring (bicyclic) bond motifs is 1. The van der Waals surface area contributed by atoms with E-state index >= 15 is 0 Å². The molecule has 8 heteroatoms. The van der Waals surface area contributed by atoms with Crippen LogP contribution < -0.4 is 27.2 Å². The van der Waals surface area contributed by atoms with Crippen molar-refractivity contribution in [3.8, 4) is 11.8 Å². The minimum atomic E-state index is -0.344. The Morgan fingerprint density at radius 1 is 1.29 bits per heavy atom. The van der Waals surface area contributed by atoms with Crippen LogP contribution in [0.15, 0.2) is 9.59 Å². The van der Waals surface area contributed by atoms with Gasteiger partial charge in [0.15, 0.2) is 6.29 Å². The molecule has 0 aliphatic carbocycles. The van der Waals surface area contributed by atoms with Crippen molar-refractivity contribution in [2.45, 2.75) is 32.1 Å². The third-order valence-corrected chi connectivity index (χ3v) is 4.75. The summed E-state index contributed by atoms with van der Waals surface area (Å²) in [5, 5.41) is 3.34. The molecule has 0 saturated carbocycles. The number of anilines is 2. The monoisotopic (exact) mass is 332 g/mol. The SMILES string of the molecule is CC#CCN1c2c(n(C)c(=O)n(C)c2=O)NC1N1CCCC(N)C1. The van der Waals surface area contributed by atoms with Crippen molar-refractivity contribution in [2.24, 2.45) is 19.8 Å². The molecule has 8 nitrogen and oxygen atoms in total. The van der Waals surface area contributed by atoms with Crippen molar-refractivity contribution in [1.82, 2.24) is 14.0 Å². The summed E-state index contributed by atoms with van der Waals surface area (Å²) in [5.41, 5.74) is 5.96. The van der Waals surface area contributed by atoms with Crippen LogP contribution in [-0.4, -0.2) is 46.0 Å². The lowest BCUT2D eigenvalue weighted by Gasteiger charge is -2.39. The van der Waals surface area contributed by atoms with Gasteiger partial charge < -0.3 is 16.0 Å². The van der Waals surface area contributed by atoms with Crippen LogP contribution in [0.1, 0.15) is 19.8 Å². The summed E-state index contributed by atoms with van der Waals surface area (Å²) in [6.07, 6.45) is 1.80. The normalized spacial score (nSPS) is 23.4. The van der Waals surface area contributed by atoms with Gasteiger partial charge in [0.1, 0.15) is 11.5 Å². The van der Waals surface area contributed by atoms with Crippen LogP contribution in [0.3, 0.4) is 0 Å². The van der Waals surface area contributed by atoms with Gasteiger partial charge in [0.25, 0.3) is 5.56 Å². The largest absolute Gasteiger partial charge is 0.337 e. The second-order valence-corrected chi connectivity index (χ2v) is 6.37. The number of nitrogens with zero attached hydrogens (tertiary/aromatic N) is 4. The van der Waals surface area contributed by atoms with Crippen molar-refractivity contribution in [3.05, 3.63) is 20.8 Å². The number of nitrogens with one attached hydrogen (secondary N) is 1. The van der Waals surface area contributed by atoms with Crippen LogP contribution in [0.5, 0.6) is 0 Å². The van der Waals surface area contributed by atoms with E-state index in [0.717, 1.165) is 30.5 Å². The summed E-state index contributed by atoms with van der Waals surface area (Å²) in [7, 11) is 3.17. The Labute approximate surface area is 140 Å². The molecule has 0 bridgehead atoms. The van der Waals surface area contributed by atoms with E-state index in [4.69, 9.17) is 5.73 Å². The Hall–Kier alpha value is -2.24. The van der Waals surface area contributed by atoms with Crippen LogP contribution >= 0.6 is 0 Å². The summed E-state index contributed by atoms with van der Waals surface area (Å²) >= 11 is 0. The fraction of sp³-hybridized carbons (Fsp3) is 0.625. The Morgan fingerprint density at radius 3 is 2.71 bits per heavy atom. The van der Waals surface area contributed by atoms with Crippen LogP contribution in [0.2, 0.25) is 0 Å². The number of hydrogen-bond acceptors (Lipinski definition) is 6. The smallest absolute Gasteiger partial charge is 0.332 e. The van der Waals surface area contributed by atoms with E-state index < -0.39 is 0 Å². The number of likely N-dealkylation sites (tertiary alicyclic amines) is 1. The lowest BCUT2D eigenvalue weighted by atomic mass is 10.1. The number of nitrogens with two attached hydrogens (primary N) is 1. The van der Waals surface area contributed by atoms with Gasteiger partial charge in [-0.15, -0.1) is 5.92 Å². The zero-order valence-corrected chi connectivity index (χ0v) is 14.4. The second kappa shape index (κ2) is 6.34. The molecule has 24 heavy (non-hydrogen) atoms. The molecule has 1 aromatic heterocycles. The Kier molecular flexibility index (Phi) is 4.39. The van der Waals surface area contributed by atoms with Gasteiger partial charge in [-0.2, -0.15) is 0 Å². The molecular weight excluding hydrogens is 308 g/mol. The molecule has 3 heterocycles. The highest BCUT2D eigenvalue weighted by Gasteiger charge is 2.38. The van der Waals surface area contributed by atoms with Crippen molar-refractivity contribution < 1.29 is 0 Å². The van der Waals surface area contributed by atoms with E-state index in [0.29, 0.717) is 18.1 Å². The lowest BCUT2D eigenvalue weighted by molar-refractivity contribution is 0.165. The zero-order chi connectivity index (χ0) is 17.4. The standard InChI is InChI=1S/C16H24N6O2/c1-4-5-9-22-12-13(19(2)16(24)20(3)14(12)23)18-15(22)21-8-6-7-11(17)10-21/h11,15,18H,6-10,17H2,1-3H3. The van der Waals surface area contributed by atoms with Gasteiger partial charge in [-0.1, -0.05) is 5.92 Å². The summed E-state index contributed by atoms with van der Waals surface area (Å²) < 4.78 is 2.62. The van der Waals surface area contributed by atoms with E-state index in [1.54, 1.807) is 14.0 Å². The third-order valence-electron chi connectivity index (χ3n) is 4.75. The van der Waals surface area contributed by atoms with Gasteiger partial charge in [-0.3, -0.25) is 18.8 Å². The first-order valence-electron chi connectivity index (χ1n) is 8.18. The molecule has 2 aliphatic rings. The Bertz CT molecular complexity index is 815. The molecule has 0 aromatic carbocycles. The minimum absolute atomic E-state index is 0.120. The number of hydrogen-bond donors (Lipinski definition) is 2. The van der Waals surface area contributed by atoms with Gasteiger partial charge in [0, 0.05) is 33.2 Å². The fourth-order valence-electron chi connectivity index (χ4n) is 3.45. The maximum absolute atomic E-state index is 12.7. The average Bonchev–Trinajstić information content (AvgIpc) is 2.95. The molecule has 2 unspecified atom stereocenters. The molecule has 0 radical (unpaired) electrons. The fourth-order valence-corrected chi connectivity index (χ4v) is 3.45. The number of rotatable bonds is 2. The molecule has 1 aromatic rings. The van der Waals surface area contributed by atoms with Crippen LogP contribution in [0.4, 0.5) is 11.5 Å². The van der Waals surface area contributed by atoms with Crippen LogP contribution in [-0.2, 0) is 14.1 Å². The molecule has 3 N–H and O–H groups in total. The highest BCUT2D eigenvalue weighted by molar-refractivity contribution is 5.72. The van der Waals surface area contributed by atoms with Crippen molar-refractivity contribution in [3.63, 3.8) is 0 Å². The average molecular weight is 332 g/mol. The van der Waals surface area contributed by atoms with Crippen LogP contribution in [0, 0.1) is 11.8 Å². The van der Waals surface area contributed by atoms with Crippen LogP contribution in [0.25, 0.3) is 0 Å². The minimum Gasteiger partial charge on any atom is -0.337 e. The Balaban J connectivity index is 2.07. The summed E-state index contributed by atoms with van der Waals surface area (Å²) in [5.74, 6) is 6.46. The second-order valence-electron chi connectivity index (χ2n) is 6.37. The van der Waals surface area contributed by atoms with E-state index in [1.807, 2.05) is 4.90 Å². The van der Waals surface area contributed by atoms with Crippen molar-refractivity contribution in [1.29, 1.82) is 0 Å². The first-order valence-corrected chi connectivity index (χ1v) is 8.18. The van der Waals surface area contributed by atoms with Gasteiger partial charge in [-0.25, -0.2) is 4.79 Å². The van der Waals surface area contributed by atoms with Gasteiger partial charge in [-0.05, 0) is 19.8 Å². The topological polar surface area (TPSA) is 88.5 Å². The number of piperidine rings is 1. The van der Waals surface area contributed by atoms with Gasteiger partial charge in [0.2, 0.25) is 0 Å². The molecule has 2 atom stereocenters. The highest BCUT2D eigenvalue weighted by Crippen LogP contribution is 2.31. The van der Waals surface area contributed by atoms with E-state index in [2.05, 4.69) is 22.1 Å².